The van der Waals surface area contributed by atoms with Gasteiger partial charge < -0.3 is 14.2 Å². The molecule has 0 bridgehead atoms. The number of rotatable bonds is 7. The van der Waals surface area contributed by atoms with Gasteiger partial charge in [-0.1, -0.05) is 30.3 Å². The molecule has 33 heavy (non-hydrogen) atoms. The van der Waals surface area contributed by atoms with Crippen molar-refractivity contribution >= 4 is 50.4 Å². The minimum atomic E-state index is -4.08. The second kappa shape index (κ2) is 10.5. The van der Waals surface area contributed by atoms with Crippen molar-refractivity contribution in [3.05, 3.63) is 87.0 Å². The molecule has 0 aliphatic heterocycles. The maximum Gasteiger partial charge on any atom is 0.339 e. The number of benzene rings is 3. The van der Waals surface area contributed by atoms with Gasteiger partial charge in [0.2, 0.25) is 0 Å². The molecule has 0 unspecified atom stereocenters. The van der Waals surface area contributed by atoms with Crippen LogP contribution >= 0.6 is 22.6 Å². The van der Waals surface area contributed by atoms with E-state index in [1.165, 1.54) is 31.4 Å². The van der Waals surface area contributed by atoms with E-state index in [0.717, 1.165) is 5.56 Å². The molecule has 0 atom stereocenters. The number of nitrogens with one attached hydrogen (secondary N) is 1. The van der Waals surface area contributed by atoms with Gasteiger partial charge in [0, 0.05) is 5.69 Å². The van der Waals surface area contributed by atoms with Crippen LogP contribution in [0.3, 0.4) is 0 Å². The predicted molar refractivity (Wildman–Crippen MR) is 133 cm³/mol. The minimum absolute atomic E-state index is 0.00594. The van der Waals surface area contributed by atoms with Gasteiger partial charge in [-0.25, -0.2) is 0 Å². The van der Waals surface area contributed by atoms with Gasteiger partial charge >= 0.3 is 10.1 Å². The molecule has 0 heterocycles. The number of halogens is 1. The van der Waals surface area contributed by atoms with Crippen LogP contribution in [0.5, 0.6) is 11.5 Å². The summed E-state index contributed by atoms with van der Waals surface area (Å²) in [5.41, 5.74) is 1.88. The molecule has 7 nitrogen and oxygen atoms in total. The zero-order chi connectivity index (χ0) is 24.0. The van der Waals surface area contributed by atoms with E-state index in [1.54, 1.807) is 42.5 Å². The summed E-state index contributed by atoms with van der Waals surface area (Å²) < 4.78 is 36.3. The molecule has 1 amide bonds. The Hall–Kier alpha value is -3.36. The van der Waals surface area contributed by atoms with Crippen molar-refractivity contribution in [3.63, 3.8) is 0 Å². The lowest BCUT2D eigenvalue weighted by Crippen LogP contribution is -2.13. The van der Waals surface area contributed by atoms with Crippen molar-refractivity contribution in [1.29, 1.82) is 5.26 Å². The summed E-state index contributed by atoms with van der Waals surface area (Å²) >= 11 is 1.91. The van der Waals surface area contributed by atoms with Crippen LogP contribution in [0.4, 0.5) is 5.69 Å². The molecule has 1 N–H and O–H groups in total. The quantitative estimate of drug-likeness (QED) is 0.186. The topological polar surface area (TPSA) is 105 Å². The van der Waals surface area contributed by atoms with Crippen LogP contribution in [-0.2, 0) is 14.9 Å². The number of anilines is 1. The number of carbonyl (C=O) groups excluding carboxylic acids is 1. The first kappa shape index (κ1) is 24.3. The van der Waals surface area contributed by atoms with Crippen LogP contribution in [0.25, 0.3) is 6.08 Å². The van der Waals surface area contributed by atoms with Crippen molar-refractivity contribution in [2.24, 2.45) is 0 Å². The summed E-state index contributed by atoms with van der Waals surface area (Å²) in [6, 6.07) is 19.9. The monoisotopic (exact) mass is 574 g/mol. The SMILES string of the molecule is COc1cc(/C=C(\C#N)C(=O)Nc2cccc(C)c2)cc(I)c1OS(=O)(=O)c1ccccc1. The minimum Gasteiger partial charge on any atom is -0.493 e. The molecule has 3 aromatic carbocycles. The van der Waals surface area contributed by atoms with Crippen LogP contribution < -0.4 is 14.2 Å². The molecule has 3 aromatic rings. The van der Waals surface area contributed by atoms with E-state index in [1.807, 2.05) is 41.7 Å². The van der Waals surface area contributed by atoms with E-state index in [4.69, 9.17) is 8.92 Å². The van der Waals surface area contributed by atoms with Gasteiger partial charge in [0.15, 0.2) is 11.5 Å². The molecule has 3 rings (SSSR count). The molecule has 0 saturated heterocycles. The number of ether oxygens (including phenoxy) is 1. The number of aryl methyl sites for hydroxylation is 1. The summed E-state index contributed by atoms with van der Waals surface area (Å²) in [7, 11) is -2.71. The second-order valence-corrected chi connectivity index (χ2v) is 9.59. The highest BCUT2D eigenvalue weighted by Crippen LogP contribution is 2.36. The van der Waals surface area contributed by atoms with Crippen molar-refractivity contribution in [2.75, 3.05) is 12.4 Å². The van der Waals surface area contributed by atoms with E-state index >= 15 is 0 Å². The standard InChI is InChI=1S/C24H19IN2O5S/c1-16-7-6-8-19(11-16)27-24(28)18(15-26)12-17-13-21(25)23(22(14-17)31-2)32-33(29,30)20-9-4-3-5-10-20/h3-14H,1-2H3,(H,27,28)/b18-12+. The Labute approximate surface area is 205 Å². The van der Waals surface area contributed by atoms with Gasteiger partial charge in [-0.15, -0.1) is 0 Å². The van der Waals surface area contributed by atoms with Crippen molar-refractivity contribution < 1.29 is 22.1 Å². The summed E-state index contributed by atoms with van der Waals surface area (Å²) in [6.45, 7) is 1.90. The van der Waals surface area contributed by atoms with Gasteiger partial charge in [-0.2, -0.15) is 13.7 Å². The summed E-state index contributed by atoms with van der Waals surface area (Å²) in [4.78, 5) is 12.6. The average molecular weight is 574 g/mol. The highest BCUT2D eigenvalue weighted by atomic mass is 127. The van der Waals surface area contributed by atoms with Gasteiger partial charge in [0.1, 0.15) is 16.5 Å². The molecule has 168 valence electrons. The van der Waals surface area contributed by atoms with Crippen LogP contribution in [0, 0.1) is 21.8 Å². The predicted octanol–water partition coefficient (Wildman–Crippen LogP) is 4.92. The Balaban J connectivity index is 1.91. The summed E-state index contributed by atoms with van der Waals surface area (Å²) in [6.07, 6.45) is 1.39. The highest BCUT2D eigenvalue weighted by Gasteiger charge is 2.22. The largest absolute Gasteiger partial charge is 0.493 e. The van der Waals surface area contributed by atoms with E-state index in [-0.39, 0.29) is 22.0 Å². The van der Waals surface area contributed by atoms with Gasteiger partial charge in [0.25, 0.3) is 5.91 Å². The zero-order valence-electron chi connectivity index (χ0n) is 17.7. The third kappa shape index (κ3) is 6.12. The Kier molecular flexibility index (Phi) is 7.73. The Morgan fingerprint density at radius 2 is 1.82 bits per heavy atom. The third-order valence-corrected chi connectivity index (χ3v) is 6.47. The zero-order valence-corrected chi connectivity index (χ0v) is 20.7. The second-order valence-electron chi connectivity index (χ2n) is 6.88. The number of nitriles is 1. The maximum absolute atomic E-state index is 12.6. The molecule has 0 spiro atoms. The fourth-order valence-electron chi connectivity index (χ4n) is 2.89. The first-order chi connectivity index (χ1) is 15.7. The number of amides is 1. The Morgan fingerprint density at radius 1 is 1.09 bits per heavy atom. The van der Waals surface area contributed by atoms with Crippen LogP contribution in [0.2, 0.25) is 0 Å². The third-order valence-electron chi connectivity index (χ3n) is 4.43. The molecule has 0 aliphatic rings. The van der Waals surface area contributed by atoms with E-state index in [2.05, 4.69) is 5.32 Å². The van der Waals surface area contributed by atoms with Crippen molar-refractivity contribution in [1.82, 2.24) is 0 Å². The van der Waals surface area contributed by atoms with Crippen molar-refractivity contribution in [3.8, 4) is 17.6 Å². The van der Waals surface area contributed by atoms with Gasteiger partial charge in [-0.05, 0) is 83.1 Å². The number of methoxy groups -OCH3 is 1. The Bertz CT molecular complexity index is 1360. The van der Waals surface area contributed by atoms with Crippen molar-refractivity contribution in [2.45, 2.75) is 11.8 Å². The molecule has 0 fully saturated rings. The maximum atomic E-state index is 12.6. The molecular weight excluding hydrogens is 555 g/mol. The normalized spacial score (nSPS) is 11.4. The first-order valence-corrected chi connectivity index (χ1v) is 12.1. The number of hydrogen-bond acceptors (Lipinski definition) is 6. The summed E-state index contributed by atoms with van der Waals surface area (Å²) in [5, 5.41) is 12.2. The molecular formula is C24H19IN2O5S. The fourth-order valence-corrected chi connectivity index (χ4v) is 4.75. The Morgan fingerprint density at radius 3 is 2.45 bits per heavy atom. The fraction of sp³-hybridized carbons (Fsp3) is 0.0833. The molecule has 0 aliphatic carbocycles. The number of carbonyl (C=O) groups is 1. The first-order valence-electron chi connectivity index (χ1n) is 9.60. The molecule has 0 radical (unpaired) electrons. The van der Waals surface area contributed by atoms with Crippen LogP contribution in [0.15, 0.2) is 77.2 Å². The molecule has 0 aromatic heterocycles. The van der Waals surface area contributed by atoms with E-state index in [0.29, 0.717) is 14.8 Å². The molecule has 0 saturated carbocycles. The smallest absolute Gasteiger partial charge is 0.339 e. The highest BCUT2D eigenvalue weighted by molar-refractivity contribution is 14.1. The lowest BCUT2D eigenvalue weighted by atomic mass is 10.1. The lowest BCUT2D eigenvalue weighted by Gasteiger charge is -2.13. The van der Waals surface area contributed by atoms with Crippen LogP contribution in [0.1, 0.15) is 11.1 Å². The molecule has 9 heteroatoms. The number of nitrogens with zero attached hydrogens (tertiary/aromatic N) is 1. The van der Waals surface area contributed by atoms with E-state index in [9.17, 15) is 18.5 Å². The van der Waals surface area contributed by atoms with E-state index < -0.39 is 16.0 Å². The summed E-state index contributed by atoms with van der Waals surface area (Å²) in [5.74, 6) is -0.407. The lowest BCUT2D eigenvalue weighted by molar-refractivity contribution is -0.112. The van der Waals surface area contributed by atoms with Gasteiger partial charge in [-0.3, -0.25) is 4.79 Å². The van der Waals surface area contributed by atoms with Crippen LogP contribution in [-0.4, -0.2) is 21.4 Å². The average Bonchev–Trinajstić information content (AvgIpc) is 2.79. The number of hydrogen-bond donors (Lipinski definition) is 1. The van der Waals surface area contributed by atoms with Gasteiger partial charge in [0.05, 0.1) is 10.7 Å².